The normalized spacial score (nSPS) is 20.9. The van der Waals surface area contributed by atoms with Crippen molar-refractivity contribution in [3.8, 4) is 0 Å². The summed E-state index contributed by atoms with van der Waals surface area (Å²) in [4.78, 5) is 30.9. The number of aromatic nitrogens is 4. The average molecular weight is 319 g/mol. The van der Waals surface area contributed by atoms with Crippen LogP contribution in [-0.2, 0) is 23.1 Å². The molecule has 0 saturated carbocycles. The van der Waals surface area contributed by atoms with Crippen LogP contribution in [0.2, 0.25) is 0 Å². The monoisotopic (exact) mass is 319 g/mol. The van der Waals surface area contributed by atoms with Crippen LogP contribution in [0.3, 0.4) is 0 Å². The minimum Gasteiger partial charge on any atom is -0.369 e. The minimum atomic E-state index is -0.385. The Morgan fingerprint density at radius 2 is 2.22 bits per heavy atom. The van der Waals surface area contributed by atoms with E-state index >= 15 is 0 Å². The molecule has 8 heteroatoms. The summed E-state index contributed by atoms with van der Waals surface area (Å²) in [6.07, 6.45) is 2.85. The molecule has 0 aliphatic carbocycles. The lowest BCUT2D eigenvalue weighted by Gasteiger charge is -2.41. The molecule has 0 radical (unpaired) electrons. The first-order valence-corrected chi connectivity index (χ1v) is 7.59. The maximum Gasteiger partial charge on any atom is 0.264 e. The minimum absolute atomic E-state index is 0.0283. The van der Waals surface area contributed by atoms with Crippen LogP contribution in [0, 0.1) is 0 Å². The van der Waals surface area contributed by atoms with E-state index in [1.807, 2.05) is 20.8 Å². The van der Waals surface area contributed by atoms with Gasteiger partial charge in [0.05, 0.1) is 17.9 Å². The van der Waals surface area contributed by atoms with Crippen LogP contribution >= 0.6 is 0 Å². The Morgan fingerprint density at radius 3 is 2.91 bits per heavy atom. The summed E-state index contributed by atoms with van der Waals surface area (Å²) in [7, 11) is 1.72. The van der Waals surface area contributed by atoms with E-state index in [1.165, 1.54) is 21.8 Å². The smallest absolute Gasteiger partial charge is 0.264 e. The SMILES string of the molecule is CC1CN(C(=O)Cn2cnc3c(cnn3C)c2=O)CC(C)(C)O1. The second-order valence-electron chi connectivity index (χ2n) is 6.65. The molecule has 1 saturated heterocycles. The van der Waals surface area contributed by atoms with E-state index in [-0.39, 0.29) is 29.7 Å². The summed E-state index contributed by atoms with van der Waals surface area (Å²) in [5.41, 5.74) is -0.124. The largest absolute Gasteiger partial charge is 0.369 e. The van der Waals surface area contributed by atoms with Gasteiger partial charge in [-0.25, -0.2) is 4.98 Å². The molecule has 1 atom stereocenters. The summed E-state index contributed by atoms with van der Waals surface area (Å²) >= 11 is 0. The van der Waals surface area contributed by atoms with Crippen LogP contribution in [0.25, 0.3) is 11.0 Å². The highest BCUT2D eigenvalue weighted by atomic mass is 16.5. The number of hydrogen-bond donors (Lipinski definition) is 0. The van der Waals surface area contributed by atoms with E-state index in [0.29, 0.717) is 24.1 Å². The van der Waals surface area contributed by atoms with Gasteiger partial charge in [-0.1, -0.05) is 0 Å². The van der Waals surface area contributed by atoms with Crippen LogP contribution in [-0.4, -0.2) is 54.9 Å². The molecule has 1 unspecified atom stereocenters. The van der Waals surface area contributed by atoms with E-state index < -0.39 is 0 Å². The maximum atomic E-state index is 12.6. The molecule has 2 aromatic heterocycles. The van der Waals surface area contributed by atoms with Gasteiger partial charge in [0.15, 0.2) is 5.65 Å². The average Bonchev–Trinajstić information content (AvgIpc) is 2.82. The first-order chi connectivity index (χ1) is 10.8. The number of carbonyl (C=O) groups excluding carboxylic acids is 1. The Labute approximate surface area is 133 Å². The third-order valence-corrected chi connectivity index (χ3v) is 3.95. The van der Waals surface area contributed by atoms with Gasteiger partial charge < -0.3 is 9.64 Å². The van der Waals surface area contributed by atoms with E-state index in [0.717, 1.165) is 0 Å². The van der Waals surface area contributed by atoms with Gasteiger partial charge in [0.1, 0.15) is 18.3 Å². The number of morpholine rings is 1. The fourth-order valence-electron chi connectivity index (χ4n) is 3.07. The topological polar surface area (TPSA) is 82.3 Å². The summed E-state index contributed by atoms with van der Waals surface area (Å²) in [5.74, 6) is -0.111. The fraction of sp³-hybridized carbons (Fsp3) is 0.600. The molecule has 8 nitrogen and oxygen atoms in total. The molecular weight excluding hydrogens is 298 g/mol. The van der Waals surface area contributed by atoms with Gasteiger partial charge in [-0.15, -0.1) is 0 Å². The number of fused-ring (bicyclic) bond motifs is 1. The molecule has 23 heavy (non-hydrogen) atoms. The summed E-state index contributed by atoms with van der Waals surface area (Å²) in [6.45, 7) is 6.86. The molecule has 0 aromatic carbocycles. The molecule has 1 aliphatic heterocycles. The molecule has 3 rings (SSSR count). The molecule has 0 spiro atoms. The van der Waals surface area contributed by atoms with Crippen molar-refractivity contribution in [2.45, 2.75) is 39.0 Å². The number of hydrogen-bond acceptors (Lipinski definition) is 5. The molecule has 124 valence electrons. The first-order valence-electron chi connectivity index (χ1n) is 7.59. The predicted octanol–water partition coefficient (Wildman–Crippen LogP) is 0.156. The van der Waals surface area contributed by atoms with Crippen LogP contribution in [0.15, 0.2) is 17.3 Å². The third-order valence-electron chi connectivity index (χ3n) is 3.95. The zero-order chi connectivity index (χ0) is 16.8. The molecule has 3 heterocycles. The van der Waals surface area contributed by atoms with Gasteiger partial charge in [0.2, 0.25) is 5.91 Å². The zero-order valence-corrected chi connectivity index (χ0v) is 13.8. The highest BCUT2D eigenvalue weighted by Gasteiger charge is 2.33. The number of carbonyl (C=O) groups is 1. The van der Waals surface area contributed by atoms with Gasteiger partial charge in [0.25, 0.3) is 5.56 Å². The maximum absolute atomic E-state index is 12.6. The lowest BCUT2D eigenvalue weighted by atomic mass is 10.1. The highest BCUT2D eigenvalue weighted by Crippen LogP contribution is 2.20. The zero-order valence-electron chi connectivity index (χ0n) is 13.8. The molecular formula is C15H21N5O3. The van der Waals surface area contributed by atoms with Crippen molar-refractivity contribution in [1.82, 2.24) is 24.2 Å². The number of ether oxygens (including phenoxy) is 1. The molecule has 0 bridgehead atoms. The lowest BCUT2D eigenvalue weighted by Crippen LogP contribution is -2.54. The van der Waals surface area contributed by atoms with Gasteiger partial charge in [-0.05, 0) is 20.8 Å². The highest BCUT2D eigenvalue weighted by molar-refractivity contribution is 5.77. The second-order valence-corrected chi connectivity index (χ2v) is 6.65. The van der Waals surface area contributed by atoms with E-state index in [2.05, 4.69) is 10.1 Å². The van der Waals surface area contributed by atoms with Crippen molar-refractivity contribution in [2.24, 2.45) is 7.05 Å². The standard InChI is InChI=1S/C15H21N5O3/c1-10-6-19(8-15(2,3)23-10)12(21)7-20-9-16-13-11(14(20)22)5-17-18(13)4/h5,9-10H,6-8H2,1-4H3. The number of aryl methyl sites for hydroxylation is 1. The number of amides is 1. The van der Waals surface area contributed by atoms with Gasteiger partial charge >= 0.3 is 0 Å². The summed E-state index contributed by atoms with van der Waals surface area (Å²) in [5, 5.41) is 4.44. The van der Waals surface area contributed by atoms with Crippen LogP contribution in [0.4, 0.5) is 0 Å². The number of rotatable bonds is 2. The van der Waals surface area contributed by atoms with E-state index in [4.69, 9.17) is 4.74 Å². The summed E-state index contributed by atoms with van der Waals surface area (Å²) < 4.78 is 8.67. The second kappa shape index (κ2) is 5.45. The van der Waals surface area contributed by atoms with Crippen molar-refractivity contribution < 1.29 is 9.53 Å². The van der Waals surface area contributed by atoms with Crippen LogP contribution < -0.4 is 5.56 Å². The Morgan fingerprint density at radius 1 is 1.48 bits per heavy atom. The Kier molecular flexibility index (Phi) is 3.71. The van der Waals surface area contributed by atoms with Gasteiger partial charge in [0, 0.05) is 20.1 Å². The van der Waals surface area contributed by atoms with Gasteiger partial charge in [-0.2, -0.15) is 5.10 Å². The quantitative estimate of drug-likeness (QED) is 0.787. The van der Waals surface area contributed by atoms with Crippen molar-refractivity contribution in [1.29, 1.82) is 0 Å². The van der Waals surface area contributed by atoms with Crippen LogP contribution in [0.5, 0.6) is 0 Å². The predicted molar refractivity (Wildman–Crippen MR) is 84.0 cm³/mol. The molecule has 0 N–H and O–H groups in total. The molecule has 1 fully saturated rings. The molecule has 1 aliphatic rings. The first kappa shape index (κ1) is 15.7. The molecule has 1 amide bonds. The third kappa shape index (κ3) is 2.98. The lowest BCUT2D eigenvalue weighted by molar-refractivity contribution is -0.158. The van der Waals surface area contributed by atoms with E-state index in [1.54, 1.807) is 11.9 Å². The molecule has 2 aromatic rings. The van der Waals surface area contributed by atoms with Crippen LogP contribution in [0.1, 0.15) is 20.8 Å². The van der Waals surface area contributed by atoms with Crippen molar-refractivity contribution in [3.05, 3.63) is 22.9 Å². The Balaban J connectivity index is 1.83. The van der Waals surface area contributed by atoms with Crippen molar-refractivity contribution in [2.75, 3.05) is 13.1 Å². The number of nitrogens with zero attached hydrogens (tertiary/aromatic N) is 5. The summed E-state index contributed by atoms with van der Waals surface area (Å²) in [6, 6.07) is 0. The van der Waals surface area contributed by atoms with E-state index in [9.17, 15) is 9.59 Å². The Hall–Kier alpha value is -2.22. The Bertz CT molecular complexity index is 807. The van der Waals surface area contributed by atoms with Gasteiger partial charge in [-0.3, -0.25) is 18.8 Å². The van der Waals surface area contributed by atoms with Crippen molar-refractivity contribution >= 4 is 16.9 Å². The fourth-order valence-corrected chi connectivity index (χ4v) is 3.07. The van der Waals surface area contributed by atoms with Crippen molar-refractivity contribution in [3.63, 3.8) is 0 Å².